The second kappa shape index (κ2) is 8.06. The Hall–Kier alpha value is -1.44. The molecule has 0 unspecified atom stereocenters. The van der Waals surface area contributed by atoms with Crippen molar-refractivity contribution in [2.24, 2.45) is 5.41 Å². The minimum Gasteiger partial charge on any atom is -0.460 e. The monoisotopic (exact) mass is 381 g/mol. The van der Waals surface area contributed by atoms with Gasteiger partial charge in [0.05, 0.1) is 18.9 Å². The van der Waals surface area contributed by atoms with E-state index in [0.717, 1.165) is 50.3 Å². The second-order valence-corrected chi connectivity index (χ2v) is 9.23. The minimum absolute atomic E-state index is 0.150. The fraction of sp³-hybridized carbons (Fsp3) is 0.632. The quantitative estimate of drug-likeness (QED) is 0.577. The van der Waals surface area contributed by atoms with E-state index in [1.807, 2.05) is 30.3 Å². The van der Waals surface area contributed by atoms with Gasteiger partial charge in [0.2, 0.25) is 0 Å². The van der Waals surface area contributed by atoms with Gasteiger partial charge in [-0.2, -0.15) is 8.42 Å². The Morgan fingerprint density at radius 3 is 2.46 bits per heavy atom. The van der Waals surface area contributed by atoms with E-state index in [4.69, 9.17) is 8.92 Å². The summed E-state index contributed by atoms with van der Waals surface area (Å²) in [6.07, 6.45) is 6.70. The summed E-state index contributed by atoms with van der Waals surface area (Å²) in [4.78, 5) is 11.9. The van der Waals surface area contributed by atoms with Gasteiger partial charge in [-0.3, -0.25) is 8.98 Å². The Morgan fingerprint density at radius 1 is 1.19 bits per heavy atom. The third kappa shape index (κ3) is 5.53. The molecular formula is C19H27NO5S. The topological polar surface area (TPSA) is 81.7 Å². The molecule has 1 aromatic carbocycles. The molecule has 1 spiro atoms. The van der Waals surface area contributed by atoms with Crippen LogP contribution in [0.1, 0.15) is 44.1 Å². The molecule has 0 aliphatic heterocycles. The van der Waals surface area contributed by atoms with Crippen LogP contribution in [-0.4, -0.2) is 39.3 Å². The van der Waals surface area contributed by atoms with Crippen LogP contribution in [-0.2, 0) is 30.4 Å². The fourth-order valence-corrected chi connectivity index (χ4v) is 4.71. The molecule has 0 heterocycles. The summed E-state index contributed by atoms with van der Waals surface area (Å²) in [6, 6.07) is 9.96. The van der Waals surface area contributed by atoms with Gasteiger partial charge in [-0.25, -0.2) is 0 Å². The van der Waals surface area contributed by atoms with Crippen molar-refractivity contribution in [3.63, 3.8) is 0 Å². The summed E-state index contributed by atoms with van der Waals surface area (Å²) >= 11 is 0. The molecule has 7 heteroatoms. The molecule has 0 aromatic heterocycles. The maximum Gasteiger partial charge on any atom is 0.320 e. The average Bonchev–Trinajstić information content (AvgIpc) is 2.58. The molecule has 2 aliphatic rings. The zero-order chi connectivity index (χ0) is 18.6. The van der Waals surface area contributed by atoms with Crippen LogP contribution in [0.5, 0.6) is 0 Å². The fourth-order valence-electron chi connectivity index (χ4n) is 4.08. The highest BCUT2D eigenvalue weighted by Gasteiger charge is 2.47. The molecule has 2 saturated carbocycles. The van der Waals surface area contributed by atoms with Crippen LogP contribution in [0.4, 0.5) is 0 Å². The first-order valence-electron chi connectivity index (χ1n) is 9.15. The molecule has 2 fully saturated rings. The van der Waals surface area contributed by atoms with Gasteiger partial charge in [-0.15, -0.1) is 0 Å². The Balaban J connectivity index is 1.32. The lowest BCUT2D eigenvalue weighted by molar-refractivity contribution is -0.144. The number of esters is 1. The molecule has 0 atom stereocenters. The lowest BCUT2D eigenvalue weighted by atomic mass is 9.59. The summed E-state index contributed by atoms with van der Waals surface area (Å²) in [6.45, 7) is 0.529. The minimum atomic E-state index is -3.36. The van der Waals surface area contributed by atoms with Crippen molar-refractivity contribution in [3.05, 3.63) is 35.9 Å². The van der Waals surface area contributed by atoms with Gasteiger partial charge in [-0.1, -0.05) is 30.3 Å². The molecule has 0 saturated heterocycles. The lowest BCUT2D eigenvalue weighted by Crippen LogP contribution is -2.48. The number of hydrogen-bond acceptors (Lipinski definition) is 6. The van der Waals surface area contributed by atoms with E-state index >= 15 is 0 Å². The summed E-state index contributed by atoms with van der Waals surface area (Å²) in [5, 5.41) is 3.29. The standard InChI is InChI=1S/C19H27NO5S/c1-26(22,23)25-17-11-19(12-17)9-7-16(8-10-19)20-13-18(21)24-14-15-5-3-2-4-6-15/h2-6,16-17,20H,7-14H2,1H3. The largest absolute Gasteiger partial charge is 0.460 e. The SMILES string of the molecule is CS(=O)(=O)OC1CC2(CCC(NCC(=O)OCc3ccccc3)CC2)C1. The molecule has 26 heavy (non-hydrogen) atoms. The zero-order valence-corrected chi connectivity index (χ0v) is 16.0. The number of carbonyl (C=O) groups excluding carboxylic acids is 1. The Labute approximate surface area is 155 Å². The first-order valence-corrected chi connectivity index (χ1v) is 11.0. The number of hydrogen-bond donors (Lipinski definition) is 1. The van der Waals surface area contributed by atoms with Crippen LogP contribution in [0.25, 0.3) is 0 Å². The van der Waals surface area contributed by atoms with E-state index in [1.54, 1.807) is 0 Å². The van der Waals surface area contributed by atoms with Crippen LogP contribution in [0, 0.1) is 5.41 Å². The average molecular weight is 381 g/mol. The third-order valence-electron chi connectivity index (χ3n) is 5.46. The number of nitrogens with one attached hydrogen (secondary N) is 1. The van der Waals surface area contributed by atoms with Crippen molar-refractivity contribution in [3.8, 4) is 0 Å². The first-order chi connectivity index (χ1) is 12.3. The van der Waals surface area contributed by atoms with Gasteiger partial charge < -0.3 is 10.1 Å². The molecule has 0 bridgehead atoms. The van der Waals surface area contributed by atoms with Crippen molar-refractivity contribution in [1.29, 1.82) is 0 Å². The van der Waals surface area contributed by atoms with E-state index in [2.05, 4.69) is 5.32 Å². The Kier molecular flexibility index (Phi) is 5.99. The summed E-state index contributed by atoms with van der Waals surface area (Å²) in [5.74, 6) is -0.237. The van der Waals surface area contributed by atoms with E-state index in [-0.39, 0.29) is 24.0 Å². The van der Waals surface area contributed by atoms with Crippen molar-refractivity contribution in [1.82, 2.24) is 5.32 Å². The van der Waals surface area contributed by atoms with E-state index in [9.17, 15) is 13.2 Å². The number of ether oxygens (including phenoxy) is 1. The van der Waals surface area contributed by atoms with Gasteiger partial charge in [0.15, 0.2) is 0 Å². The molecule has 144 valence electrons. The molecule has 1 aromatic rings. The highest BCUT2D eigenvalue weighted by molar-refractivity contribution is 7.86. The number of carbonyl (C=O) groups is 1. The van der Waals surface area contributed by atoms with Gasteiger partial charge in [0.1, 0.15) is 6.61 Å². The van der Waals surface area contributed by atoms with Crippen molar-refractivity contribution in [2.45, 2.75) is 57.3 Å². The normalized spacial score (nSPS) is 28.5. The first kappa shape index (κ1) is 19.3. The Morgan fingerprint density at radius 2 is 1.85 bits per heavy atom. The van der Waals surface area contributed by atoms with Crippen LogP contribution in [0.2, 0.25) is 0 Å². The summed E-state index contributed by atoms with van der Waals surface area (Å²) in [5.41, 5.74) is 1.22. The summed E-state index contributed by atoms with van der Waals surface area (Å²) < 4.78 is 32.7. The highest BCUT2D eigenvalue weighted by atomic mass is 32.2. The van der Waals surface area contributed by atoms with Crippen LogP contribution < -0.4 is 5.32 Å². The van der Waals surface area contributed by atoms with E-state index < -0.39 is 10.1 Å². The predicted octanol–water partition coefficient (Wildman–Crippen LogP) is 2.39. The van der Waals surface area contributed by atoms with Gasteiger partial charge in [0.25, 0.3) is 10.1 Å². The predicted molar refractivity (Wildman–Crippen MR) is 97.9 cm³/mol. The smallest absolute Gasteiger partial charge is 0.320 e. The van der Waals surface area contributed by atoms with Crippen molar-refractivity contribution >= 4 is 16.1 Å². The maximum absolute atomic E-state index is 11.9. The molecule has 2 aliphatic carbocycles. The van der Waals surface area contributed by atoms with Gasteiger partial charge in [-0.05, 0) is 49.5 Å². The maximum atomic E-state index is 11.9. The second-order valence-electron chi connectivity index (χ2n) is 7.63. The van der Waals surface area contributed by atoms with Crippen LogP contribution in [0.3, 0.4) is 0 Å². The number of benzene rings is 1. The van der Waals surface area contributed by atoms with Crippen molar-refractivity contribution < 1.29 is 22.1 Å². The molecule has 0 amide bonds. The molecular weight excluding hydrogens is 354 g/mol. The molecule has 3 rings (SSSR count). The van der Waals surface area contributed by atoms with Gasteiger partial charge >= 0.3 is 5.97 Å². The van der Waals surface area contributed by atoms with Gasteiger partial charge in [0, 0.05) is 6.04 Å². The van der Waals surface area contributed by atoms with E-state index in [1.165, 1.54) is 0 Å². The Bertz CT molecular complexity index is 703. The van der Waals surface area contributed by atoms with Crippen LogP contribution >= 0.6 is 0 Å². The molecule has 6 nitrogen and oxygen atoms in total. The highest BCUT2D eigenvalue weighted by Crippen LogP contribution is 2.52. The van der Waals surface area contributed by atoms with Crippen LogP contribution in [0.15, 0.2) is 30.3 Å². The molecule has 0 radical (unpaired) electrons. The third-order valence-corrected chi connectivity index (χ3v) is 6.08. The summed E-state index contributed by atoms with van der Waals surface area (Å²) in [7, 11) is -3.36. The zero-order valence-electron chi connectivity index (χ0n) is 15.1. The van der Waals surface area contributed by atoms with Crippen molar-refractivity contribution in [2.75, 3.05) is 12.8 Å². The number of rotatable bonds is 7. The molecule has 1 N–H and O–H groups in total. The van der Waals surface area contributed by atoms with E-state index in [0.29, 0.717) is 12.6 Å². The lowest BCUT2D eigenvalue weighted by Gasteiger charge is -2.50.